The number of methoxy groups -OCH3 is 1. The van der Waals surface area contributed by atoms with Crippen LogP contribution in [0.5, 0.6) is 0 Å². The van der Waals surface area contributed by atoms with Crippen molar-refractivity contribution in [3.8, 4) is 0 Å². The van der Waals surface area contributed by atoms with Gasteiger partial charge in [0.05, 0.1) is 18.6 Å². The zero-order valence-electron chi connectivity index (χ0n) is 24.3. The highest BCUT2D eigenvalue weighted by Gasteiger charge is 2.30. The van der Waals surface area contributed by atoms with E-state index in [0.29, 0.717) is 6.42 Å². The minimum atomic E-state index is -0.770. The number of hydrogen-bond acceptors (Lipinski definition) is 5. The molecule has 0 heterocycles. The van der Waals surface area contributed by atoms with Crippen LogP contribution in [0.3, 0.4) is 0 Å². The number of hydrogen-bond donors (Lipinski definition) is 0. The van der Waals surface area contributed by atoms with Gasteiger partial charge in [-0.15, -0.1) is 0 Å². The quantitative estimate of drug-likeness (QED) is 0.132. The highest BCUT2D eigenvalue weighted by atomic mass is 32.2. The molecule has 6 heteroatoms. The van der Waals surface area contributed by atoms with Crippen LogP contribution in [-0.2, 0) is 19.1 Å². The second kappa shape index (κ2) is 19.3. The number of unbranched alkanes of at least 4 members (excludes halogenated alkanes) is 12. The van der Waals surface area contributed by atoms with E-state index in [-0.39, 0.29) is 16.8 Å². The zero-order valence-corrected chi connectivity index (χ0v) is 25.1. The van der Waals surface area contributed by atoms with Gasteiger partial charge in [-0.1, -0.05) is 108 Å². The Labute approximate surface area is 230 Å². The number of carbonyl (C=O) groups excluding carboxylic acids is 3. The molecule has 0 saturated carbocycles. The predicted molar refractivity (Wildman–Crippen MR) is 157 cm³/mol. The number of carbonyl (C=O) groups is 3. The third kappa shape index (κ3) is 12.5. The topological polar surface area (TPSA) is 63.7 Å². The van der Waals surface area contributed by atoms with Gasteiger partial charge in [0.15, 0.2) is 5.12 Å². The van der Waals surface area contributed by atoms with Gasteiger partial charge in [-0.25, -0.2) is 4.79 Å². The Morgan fingerprint density at radius 2 is 1.30 bits per heavy atom. The average molecular weight is 534 g/mol. The van der Waals surface area contributed by atoms with Crippen molar-refractivity contribution >= 4 is 34.4 Å². The Morgan fingerprint density at radius 1 is 0.811 bits per heavy atom. The van der Waals surface area contributed by atoms with Crippen molar-refractivity contribution in [2.45, 2.75) is 131 Å². The lowest BCUT2D eigenvalue weighted by molar-refractivity contribution is -0.142. The van der Waals surface area contributed by atoms with Gasteiger partial charge in [-0.05, 0) is 50.8 Å². The molecule has 210 valence electrons. The predicted octanol–water partition coefficient (Wildman–Crippen LogP) is 8.25. The van der Waals surface area contributed by atoms with Crippen molar-refractivity contribution in [2.24, 2.45) is 0 Å². The van der Waals surface area contributed by atoms with E-state index < -0.39 is 12.0 Å². The van der Waals surface area contributed by atoms with Gasteiger partial charge in [0.25, 0.3) is 0 Å². The summed E-state index contributed by atoms with van der Waals surface area (Å²) in [6, 6.07) is 3.19. The Kier molecular flexibility index (Phi) is 17.3. The highest BCUT2D eigenvalue weighted by Crippen LogP contribution is 2.30. The van der Waals surface area contributed by atoms with Crippen molar-refractivity contribution in [2.75, 3.05) is 17.8 Å². The van der Waals surface area contributed by atoms with Crippen LogP contribution >= 0.6 is 11.8 Å². The SMILES string of the molecule is CCCCCCCCCCCCCCCC(=O)SCC(=O)N(c1c(C)ccc(C)c1C)C(C)C(=O)OC. The molecule has 1 rings (SSSR count). The molecule has 0 aliphatic carbocycles. The van der Waals surface area contributed by atoms with Crippen LogP contribution in [0.2, 0.25) is 0 Å². The lowest BCUT2D eigenvalue weighted by Gasteiger charge is -2.31. The molecule has 0 spiro atoms. The number of esters is 1. The summed E-state index contributed by atoms with van der Waals surface area (Å²) in [5.41, 5.74) is 3.64. The second-order valence-electron chi connectivity index (χ2n) is 10.3. The van der Waals surface area contributed by atoms with Gasteiger partial charge in [-0.2, -0.15) is 0 Å². The summed E-state index contributed by atoms with van der Waals surface area (Å²) in [5, 5.41) is 0.0415. The van der Waals surface area contributed by atoms with Gasteiger partial charge in [0.2, 0.25) is 5.91 Å². The fourth-order valence-electron chi connectivity index (χ4n) is 4.69. The second-order valence-corrected chi connectivity index (χ2v) is 11.3. The van der Waals surface area contributed by atoms with Crippen molar-refractivity contribution in [1.82, 2.24) is 0 Å². The molecule has 0 radical (unpaired) electrons. The molecule has 0 aliphatic heterocycles. The molecule has 37 heavy (non-hydrogen) atoms. The Morgan fingerprint density at radius 3 is 1.81 bits per heavy atom. The number of aryl methyl sites for hydroxylation is 2. The lowest BCUT2D eigenvalue weighted by atomic mass is 10.0. The smallest absolute Gasteiger partial charge is 0.328 e. The summed E-state index contributed by atoms with van der Waals surface area (Å²) in [6.07, 6.45) is 17.0. The van der Waals surface area contributed by atoms with Crippen LogP contribution in [0.15, 0.2) is 12.1 Å². The first-order chi connectivity index (χ1) is 17.7. The van der Waals surface area contributed by atoms with Crippen molar-refractivity contribution in [3.63, 3.8) is 0 Å². The van der Waals surface area contributed by atoms with Crippen LogP contribution in [0, 0.1) is 20.8 Å². The molecular formula is C31H51NO4S. The molecule has 1 aromatic rings. The van der Waals surface area contributed by atoms with Crippen LogP contribution in [-0.4, -0.2) is 35.9 Å². The van der Waals surface area contributed by atoms with E-state index in [9.17, 15) is 14.4 Å². The molecule has 5 nitrogen and oxygen atoms in total. The summed E-state index contributed by atoms with van der Waals surface area (Å²) in [4.78, 5) is 39.6. The number of thioether (sulfide) groups is 1. The first-order valence-corrected chi connectivity index (χ1v) is 15.3. The standard InChI is InChI=1S/C31H51NO4S/c1-7-8-9-10-11-12-13-14-15-16-17-18-19-20-29(34)37-23-28(33)32(27(5)31(35)36-6)30-25(3)22-21-24(2)26(30)4/h21-22,27H,7-20,23H2,1-6H3. The highest BCUT2D eigenvalue weighted by molar-refractivity contribution is 8.14. The van der Waals surface area contributed by atoms with Crippen LogP contribution < -0.4 is 4.90 Å². The third-order valence-corrected chi connectivity index (χ3v) is 8.10. The largest absolute Gasteiger partial charge is 0.467 e. The third-order valence-electron chi connectivity index (χ3n) is 7.18. The first-order valence-electron chi connectivity index (χ1n) is 14.4. The molecule has 0 N–H and O–H groups in total. The Hall–Kier alpha value is -1.82. The van der Waals surface area contributed by atoms with E-state index >= 15 is 0 Å². The lowest BCUT2D eigenvalue weighted by Crippen LogP contribution is -2.46. The maximum atomic E-state index is 13.3. The van der Waals surface area contributed by atoms with Crippen molar-refractivity contribution < 1.29 is 19.1 Å². The van der Waals surface area contributed by atoms with E-state index in [1.807, 2.05) is 32.9 Å². The summed E-state index contributed by atoms with van der Waals surface area (Å²) in [6.45, 7) is 9.80. The van der Waals surface area contributed by atoms with Crippen LogP contribution in [0.4, 0.5) is 5.69 Å². The van der Waals surface area contributed by atoms with Gasteiger partial charge >= 0.3 is 5.97 Å². The fourth-order valence-corrected chi connectivity index (χ4v) is 5.40. The molecule has 0 aliphatic rings. The summed E-state index contributed by atoms with van der Waals surface area (Å²) in [7, 11) is 1.32. The van der Waals surface area contributed by atoms with Crippen LogP contribution in [0.1, 0.15) is 120 Å². The molecular weight excluding hydrogens is 482 g/mol. The van der Waals surface area contributed by atoms with Crippen molar-refractivity contribution in [1.29, 1.82) is 0 Å². The van der Waals surface area contributed by atoms with E-state index in [2.05, 4.69) is 6.92 Å². The van der Waals surface area contributed by atoms with Gasteiger partial charge in [-0.3, -0.25) is 14.5 Å². The number of amides is 1. The Balaban J connectivity index is 2.39. The molecule has 1 atom stereocenters. The number of ether oxygens (including phenoxy) is 1. The average Bonchev–Trinajstić information content (AvgIpc) is 2.89. The normalized spacial score (nSPS) is 11.8. The molecule has 0 saturated heterocycles. The molecule has 1 amide bonds. The number of benzene rings is 1. The molecule has 1 unspecified atom stereocenters. The van der Waals surface area contributed by atoms with Crippen molar-refractivity contribution in [3.05, 3.63) is 28.8 Å². The van der Waals surface area contributed by atoms with Crippen LogP contribution in [0.25, 0.3) is 0 Å². The number of nitrogens with zero attached hydrogens (tertiary/aromatic N) is 1. The maximum Gasteiger partial charge on any atom is 0.328 e. The summed E-state index contributed by atoms with van der Waals surface area (Å²) in [5.74, 6) is -0.707. The maximum absolute atomic E-state index is 13.3. The van der Waals surface area contributed by atoms with Gasteiger partial charge < -0.3 is 4.74 Å². The fraction of sp³-hybridized carbons (Fsp3) is 0.710. The molecule has 1 aromatic carbocycles. The number of anilines is 1. The molecule has 0 aromatic heterocycles. The van der Waals surface area contributed by atoms with Gasteiger partial charge in [0, 0.05) is 6.42 Å². The minimum Gasteiger partial charge on any atom is -0.467 e. The molecule has 0 bridgehead atoms. The van der Waals surface area contributed by atoms with E-state index in [1.54, 1.807) is 6.92 Å². The number of rotatable bonds is 19. The van der Waals surface area contributed by atoms with E-state index in [4.69, 9.17) is 4.74 Å². The zero-order chi connectivity index (χ0) is 27.6. The van der Waals surface area contributed by atoms with Gasteiger partial charge in [0.1, 0.15) is 6.04 Å². The summed E-state index contributed by atoms with van der Waals surface area (Å²) >= 11 is 1.06. The van der Waals surface area contributed by atoms with E-state index in [1.165, 1.54) is 82.6 Å². The first kappa shape index (κ1) is 33.2. The summed E-state index contributed by atoms with van der Waals surface area (Å²) < 4.78 is 4.92. The minimum absolute atomic E-state index is 0.0193. The Bertz CT molecular complexity index is 839. The monoisotopic (exact) mass is 533 g/mol. The molecule has 0 fully saturated rings. The van der Waals surface area contributed by atoms with E-state index in [0.717, 1.165) is 47.0 Å².